The number of anilines is 1. The third-order valence-corrected chi connectivity index (χ3v) is 4.96. The highest BCUT2D eigenvalue weighted by Crippen LogP contribution is 2.36. The number of benzene rings is 2. The minimum Gasteiger partial charge on any atom is -0.465 e. The Labute approximate surface area is 173 Å². The maximum atomic E-state index is 12.6. The molecule has 11 heteroatoms. The Balaban J connectivity index is 1.57. The summed E-state index contributed by atoms with van der Waals surface area (Å²) in [5.41, 5.74) is 0.826. The zero-order chi connectivity index (χ0) is 21.3. The van der Waals surface area contributed by atoms with E-state index >= 15 is 0 Å². The molecule has 0 saturated heterocycles. The van der Waals surface area contributed by atoms with Gasteiger partial charge in [-0.3, -0.25) is 20.2 Å². The number of nitro groups is 1. The number of rotatable bonds is 5. The lowest BCUT2D eigenvalue weighted by Gasteiger charge is -2.05. The van der Waals surface area contributed by atoms with Crippen molar-refractivity contribution < 1.29 is 28.7 Å². The van der Waals surface area contributed by atoms with E-state index < -0.39 is 22.5 Å². The van der Waals surface area contributed by atoms with Gasteiger partial charge in [0.1, 0.15) is 0 Å². The second-order valence-corrected chi connectivity index (χ2v) is 6.94. The van der Waals surface area contributed by atoms with Gasteiger partial charge in [0.05, 0.1) is 23.3 Å². The van der Waals surface area contributed by atoms with Crippen LogP contribution in [-0.2, 0) is 4.74 Å². The fourth-order valence-corrected chi connectivity index (χ4v) is 3.49. The van der Waals surface area contributed by atoms with Gasteiger partial charge in [-0.25, -0.2) is 9.78 Å². The van der Waals surface area contributed by atoms with Crippen molar-refractivity contribution in [1.82, 2.24) is 4.98 Å². The fraction of sp³-hybridized carbons (Fsp3) is 0.105. The molecule has 1 aliphatic rings. The van der Waals surface area contributed by atoms with Gasteiger partial charge in [0.15, 0.2) is 16.6 Å². The predicted molar refractivity (Wildman–Crippen MR) is 106 cm³/mol. The normalized spacial score (nSPS) is 11.8. The number of hydrogen-bond acceptors (Lipinski definition) is 9. The number of nitro benzene ring substituents is 1. The Morgan fingerprint density at radius 1 is 1.17 bits per heavy atom. The number of nitrogens with zero attached hydrogens (tertiary/aromatic N) is 2. The van der Waals surface area contributed by atoms with Gasteiger partial charge in [0.25, 0.3) is 11.6 Å². The molecule has 1 aliphatic heterocycles. The van der Waals surface area contributed by atoms with E-state index in [2.05, 4.69) is 15.0 Å². The number of non-ortho nitro benzene ring substituents is 1. The van der Waals surface area contributed by atoms with Crippen LogP contribution in [0.15, 0.2) is 41.8 Å². The van der Waals surface area contributed by atoms with Crippen LogP contribution in [0.1, 0.15) is 20.7 Å². The van der Waals surface area contributed by atoms with Crippen LogP contribution in [0.2, 0.25) is 0 Å². The average molecular weight is 427 g/mol. The minimum atomic E-state index is -0.785. The molecule has 2 aromatic carbocycles. The lowest BCUT2D eigenvalue weighted by molar-refractivity contribution is -0.384. The molecular weight excluding hydrogens is 414 g/mol. The van der Waals surface area contributed by atoms with E-state index in [1.54, 1.807) is 17.5 Å². The summed E-state index contributed by atoms with van der Waals surface area (Å²) >= 11 is 1.19. The third-order valence-electron chi connectivity index (χ3n) is 4.20. The molecule has 0 aliphatic carbocycles. The van der Waals surface area contributed by atoms with Gasteiger partial charge >= 0.3 is 5.97 Å². The first-order valence-electron chi connectivity index (χ1n) is 8.49. The van der Waals surface area contributed by atoms with E-state index in [0.29, 0.717) is 22.3 Å². The molecular formula is C19H13N3O7S. The van der Waals surface area contributed by atoms with Gasteiger partial charge < -0.3 is 14.2 Å². The van der Waals surface area contributed by atoms with Crippen molar-refractivity contribution in [3.05, 3.63) is 63.0 Å². The quantitative estimate of drug-likeness (QED) is 0.372. The summed E-state index contributed by atoms with van der Waals surface area (Å²) in [6, 6.07) is 8.72. The molecule has 1 aromatic heterocycles. The number of fused-ring (bicyclic) bond motifs is 1. The van der Waals surface area contributed by atoms with Crippen LogP contribution >= 0.6 is 11.3 Å². The molecule has 0 atom stereocenters. The van der Waals surface area contributed by atoms with Crippen molar-refractivity contribution in [2.75, 3.05) is 19.2 Å². The first-order chi connectivity index (χ1) is 14.4. The minimum absolute atomic E-state index is 0.0653. The van der Waals surface area contributed by atoms with Gasteiger partial charge in [-0.1, -0.05) is 0 Å². The van der Waals surface area contributed by atoms with Crippen LogP contribution in [0.4, 0.5) is 10.8 Å². The number of ether oxygens (including phenoxy) is 3. The van der Waals surface area contributed by atoms with Crippen LogP contribution in [0, 0.1) is 10.1 Å². The monoisotopic (exact) mass is 427 g/mol. The van der Waals surface area contributed by atoms with Crippen molar-refractivity contribution in [3.63, 3.8) is 0 Å². The fourth-order valence-electron chi connectivity index (χ4n) is 2.77. The number of carbonyl (C=O) groups excluding carboxylic acids is 2. The van der Waals surface area contributed by atoms with Gasteiger partial charge in [0.2, 0.25) is 6.79 Å². The number of amides is 1. The Hall–Kier alpha value is -3.99. The summed E-state index contributed by atoms with van der Waals surface area (Å²) in [6.07, 6.45) is 0. The number of aromatic nitrogens is 1. The van der Waals surface area contributed by atoms with Gasteiger partial charge in [-0.15, -0.1) is 11.3 Å². The molecule has 152 valence electrons. The molecule has 0 fully saturated rings. The van der Waals surface area contributed by atoms with E-state index in [4.69, 9.17) is 9.47 Å². The van der Waals surface area contributed by atoms with Crippen molar-refractivity contribution in [3.8, 4) is 22.8 Å². The molecule has 4 rings (SSSR count). The third kappa shape index (κ3) is 3.78. The largest absolute Gasteiger partial charge is 0.465 e. The number of hydrogen-bond donors (Lipinski definition) is 1. The smallest absolute Gasteiger partial charge is 0.338 e. The van der Waals surface area contributed by atoms with Crippen LogP contribution in [-0.4, -0.2) is 35.7 Å². The first kappa shape index (κ1) is 19.3. The zero-order valence-electron chi connectivity index (χ0n) is 15.4. The number of carbonyl (C=O) groups is 2. The lowest BCUT2D eigenvalue weighted by atomic mass is 10.1. The molecule has 0 unspecified atom stereocenters. The average Bonchev–Trinajstić information content (AvgIpc) is 3.41. The molecule has 0 saturated carbocycles. The highest BCUT2D eigenvalue weighted by Gasteiger charge is 2.20. The van der Waals surface area contributed by atoms with E-state index in [0.717, 1.165) is 24.8 Å². The van der Waals surface area contributed by atoms with Crippen LogP contribution in [0.3, 0.4) is 0 Å². The van der Waals surface area contributed by atoms with Crippen LogP contribution in [0.25, 0.3) is 11.3 Å². The Morgan fingerprint density at radius 3 is 2.70 bits per heavy atom. The number of methoxy groups -OCH3 is 1. The lowest BCUT2D eigenvalue weighted by Crippen LogP contribution is -2.13. The molecule has 0 bridgehead atoms. The maximum Gasteiger partial charge on any atom is 0.338 e. The van der Waals surface area contributed by atoms with Crippen molar-refractivity contribution in [2.24, 2.45) is 0 Å². The van der Waals surface area contributed by atoms with E-state index in [1.165, 1.54) is 17.4 Å². The predicted octanol–water partition coefficient (Wildman–Crippen LogP) is 3.49. The molecule has 1 amide bonds. The van der Waals surface area contributed by atoms with Gasteiger partial charge in [-0.05, 0) is 24.3 Å². The van der Waals surface area contributed by atoms with Crippen LogP contribution < -0.4 is 14.8 Å². The van der Waals surface area contributed by atoms with Gasteiger partial charge in [-0.2, -0.15) is 0 Å². The van der Waals surface area contributed by atoms with Crippen LogP contribution in [0.5, 0.6) is 11.5 Å². The summed E-state index contributed by atoms with van der Waals surface area (Å²) in [5.74, 6) is -0.171. The van der Waals surface area contributed by atoms with Crippen molar-refractivity contribution in [1.29, 1.82) is 0 Å². The Bertz CT molecular complexity index is 1170. The van der Waals surface area contributed by atoms with Crippen molar-refractivity contribution >= 4 is 34.0 Å². The van der Waals surface area contributed by atoms with Crippen molar-refractivity contribution in [2.45, 2.75) is 0 Å². The maximum absolute atomic E-state index is 12.6. The Kier molecular flexibility index (Phi) is 5.02. The molecule has 3 aromatic rings. The van der Waals surface area contributed by atoms with Gasteiger partial charge in [0, 0.05) is 28.6 Å². The summed E-state index contributed by atoms with van der Waals surface area (Å²) in [7, 11) is 1.15. The molecule has 1 N–H and O–H groups in total. The Morgan fingerprint density at radius 2 is 1.93 bits per heavy atom. The van der Waals surface area contributed by atoms with E-state index in [-0.39, 0.29) is 17.9 Å². The summed E-state index contributed by atoms with van der Waals surface area (Å²) in [5, 5.41) is 15.8. The SMILES string of the molecule is COC(=O)c1cc(C(=O)Nc2nc(-c3ccc4c(c3)OCO4)cs2)cc([N+](=O)[O-])c1. The molecule has 10 nitrogen and oxygen atoms in total. The summed E-state index contributed by atoms with van der Waals surface area (Å²) < 4.78 is 15.2. The standard InChI is InChI=1S/C19H13N3O7S/c1-27-18(24)12-4-11(5-13(6-12)22(25)26)17(23)21-19-20-14(8-30-19)10-2-3-15-16(7-10)29-9-28-15/h2-8H,9H2,1H3,(H,20,21,23). The molecule has 0 spiro atoms. The molecule has 2 heterocycles. The zero-order valence-corrected chi connectivity index (χ0v) is 16.2. The number of nitrogens with one attached hydrogen (secondary N) is 1. The second-order valence-electron chi connectivity index (χ2n) is 6.08. The second kappa shape index (κ2) is 7.79. The molecule has 0 radical (unpaired) electrons. The van der Waals surface area contributed by atoms with E-state index in [1.807, 2.05) is 6.07 Å². The highest BCUT2D eigenvalue weighted by molar-refractivity contribution is 7.14. The molecule has 30 heavy (non-hydrogen) atoms. The summed E-state index contributed by atoms with van der Waals surface area (Å²) in [6.45, 7) is 0.161. The van der Waals surface area contributed by atoms with E-state index in [9.17, 15) is 19.7 Å². The topological polar surface area (TPSA) is 130 Å². The highest BCUT2D eigenvalue weighted by atomic mass is 32.1. The first-order valence-corrected chi connectivity index (χ1v) is 9.37. The summed E-state index contributed by atoms with van der Waals surface area (Å²) in [4.78, 5) is 39.2. The number of thiazole rings is 1. The number of esters is 1.